The first-order valence-corrected chi connectivity index (χ1v) is 7.82. The fourth-order valence-electron chi connectivity index (χ4n) is 2.21. The molecule has 0 saturated heterocycles. The zero-order valence-corrected chi connectivity index (χ0v) is 12.5. The van der Waals surface area contributed by atoms with Gasteiger partial charge in [-0.05, 0) is 66.2 Å². The van der Waals surface area contributed by atoms with E-state index in [2.05, 4.69) is 41.2 Å². The average molecular weight is 302 g/mol. The van der Waals surface area contributed by atoms with E-state index in [4.69, 9.17) is 0 Å². The van der Waals surface area contributed by atoms with Crippen molar-refractivity contribution in [1.82, 2.24) is 5.32 Å². The van der Waals surface area contributed by atoms with Crippen LogP contribution in [0.15, 0.2) is 9.85 Å². The summed E-state index contributed by atoms with van der Waals surface area (Å²) in [6, 6.07) is 2.95. The summed E-state index contributed by atoms with van der Waals surface area (Å²) >= 11 is 5.54. The zero-order valence-electron chi connectivity index (χ0n) is 10.1. The number of hydrogen-bond acceptors (Lipinski definition) is 2. The van der Waals surface area contributed by atoms with Gasteiger partial charge in [0.2, 0.25) is 0 Å². The lowest BCUT2D eigenvalue weighted by atomic mass is 9.79. The largest absolute Gasteiger partial charge is 0.309 e. The highest BCUT2D eigenvalue weighted by Gasteiger charge is 2.29. The standard InChI is InChI=1S/C13H20BrNS/c1-3-7-15-12(10-5-4-6-10)11-8-9(2)13(14)16-11/h8,10,12,15H,3-7H2,1-2H3. The maximum Gasteiger partial charge on any atom is 0.0731 e. The minimum atomic E-state index is 0.601. The van der Waals surface area contributed by atoms with Crippen LogP contribution >= 0.6 is 27.3 Å². The third-order valence-corrected chi connectivity index (χ3v) is 5.64. The van der Waals surface area contributed by atoms with Crippen molar-refractivity contribution in [3.8, 4) is 0 Å². The average Bonchev–Trinajstić information content (AvgIpc) is 2.50. The highest BCUT2D eigenvalue weighted by Crippen LogP contribution is 2.41. The molecule has 1 fully saturated rings. The van der Waals surface area contributed by atoms with E-state index in [0.29, 0.717) is 6.04 Å². The van der Waals surface area contributed by atoms with Crippen LogP contribution < -0.4 is 5.32 Å². The molecule has 1 aliphatic rings. The lowest BCUT2D eigenvalue weighted by Gasteiger charge is -2.34. The van der Waals surface area contributed by atoms with Gasteiger partial charge in [0, 0.05) is 10.9 Å². The first-order valence-electron chi connectivity index (χ1n) is 6.21. The molecule has 0 spiro atoms. The van der Waals surface area contributed by atoms with Gasteiger partial charge in [-0.2, -0.15) is 0 Å². The molecule has 1 aromatic rings. The molecular weight excluding hydrogens is 282 g/mol. The molecule has 1 aromatic heterocycles. The van der Waals surface area contributed by atoms with Gasteiger partial charge >= 0.3 is 0 Å². The van der Waals surface area contributed by atoms with Gasteiger partial charge in [0.05, 0.1) is 3.79 Å². The Kier molecular flexibility index (Phi) is 4.45. The van der Waals surface area contributed by atoms with Crippen molar-refractivity contribution in [3.63, 3.8) is 0 Å². The number of aryl methyl sites for hydroxylation is 1. The quantitative estimate of drug-likeness (QED) is 0.834. The molecule has 1 aliphatic carbocycles. The molecule has 0 aromatic carbocycles. The number of hydrogen-bond donors (Lipinski definition) is 1. The van der Waals surface area contributed by atoms with Crippen LogP contribution in [0.25, 0.3) is 0 Å². The van der Waals surface area contributed by atoms with E-state index >= 15 is 0 Å². The van der Waals surface area contributed by atoms with E-state index < -0.39 is 0 Å². The third-order valence-electron chi connectivity index (χ3n) is 3.42. The van der Waals surface area contributed by atoms with E-state index in [1.165, 1.54) is 39.9 Å². The number of thiophene rings is 1. The van der Waals surface area contributed by atoms with Crippen LogP contribution in [0.4, 0.5) is 0 Å². The van der Waals surface area contributed by atoms with Crippen LogP contribution in [0, 0.1) is 12.8 Å². The Morgan fingerprint density at radius 1 is 1.56 bits per heavy atom. The van der Waals surface area contributed by atoms with Gasteiger partial charge in [-0.15, -0.1) is 11.3 Å². The van der Waals surface area contributed by atoms with Crippen LogP contribution in [0.5, 0.6) is 0 Å². The molecule has 1 heterocycles. The van der Waals surface area contributed by atoms with Gasteiger partial charge in [-0.3, -0.25) is 0 Å². The summed E-state index contributed by atoms with van der Waals surface area (Å²) in [5, 5.41) is 3.72. The summed E-state index contributed by atoms with van der Waals surface area (Å²) in [7, 11) is 0. The lowest BCUT2D eigenvalue weighted by molar-refractivity contribution is 0.234. The van der Waals surface area contributed by atoms with Crippen LogP contribution in [0.1, 0.15) is 49.1 Å². The van der Waals surface area contributed by atoms with Crippen LogP contribution in [-0.4, -0.2) is 6.54 Å². The van der Waals surface area contributed by atoms with E-state index in [1.54, 1.807) is 0 Å². The molecule has 1 atom stereocenters. The minimum absolute atomic E-state index is 0.601. The molecule has 1 unspecified atom stereocenters. The second-order valence-corrected chi connectivity index (χ2v) is 7.13. The van der Waals surface area contributed by atoms with Crippen molar-refractivity contribution in [1.29, 1.82) is 0 Å². The van der Waals surface area contributed by atoms with Gasteiger partial charge < -0.3 is 5.32 Å². The molecule has 16 heavy (non-hydrogen) atoms. The topological polar surface area (TPSA) is 12.0 Å². The summed E-state index contributed by atoms with van der Waals surface area (Å²) in [5.41, 5.74) is 1.38. The second kappa shape index (κ2) is 5.65. The fourth-order valence-corrected chi connectivity index (χ4v) is 3.95. The van der Waals surface area contributed by atoms with E-state index in [0.717, 1.165) is 12.5 Å². The molecule has 0 bridgehead atoms. The molecule has 0 amide bonds. The molecule has 3 heteroatoms. The Morgan fingerprint density at radius 3 is 2.75 bits per heavy atom. The second-order valence-electron chi connectivity index (χ2n) is 4.73. The molecule has 0 aliphatic heterocycles. The maximum atomic E-state index is 3.72. The fraction of sp³-hybridized carbons (Fsp3) is 0.692. The summed E-state index contributed by atoms with van der Waals surface area (Å²) in [5.74, 6) is 0.872. The van der Waals surface area contributed by atoms with E-state index in [-0.39, 0.29) is 0 Å². The Hall–Kier alpha value is 0.140. The predicted molar refractivity (Wildman–Crippen MR) is 75.1 cm³/mol. The van der Waals surface area contributed by atoms with Crippen molar-refractivity contribution >= 4 is 27.3 Å². The van der Waals surface area contributed by atoms with Gasteiger partial charge in [0.25, 0.3) is 0 Å². The molecule has 2 rings (SSSR count). The Bertz CT molecular complexity index is 324. The maximum absolute atomic E-state index is 3.72. The van der Waals surface area contributed by atoms with Gasteiger partial charge in [0.15, 0.2) is 0 Å². The summed E-state index contributed by atoms with van der Waals surface area (Å²) in [6.45, 7) is 5.55. The lowest BCUT2D eigenvalue weighted by Crippen LogP contribution is -2.32. The summed E-state index contributed by atoms with van der Waals surface area (Å²) in [4.78, 5) is 1.52. The molecule has 0 radical (unpaired) electrons. The zero-order chi connectivity index (χ0) is 11.5. The Balaban J connectivity index is 2.10. The van der Waals surface area contributed by atoms with Gasteiger partial charge in [-0.1, -0.05) is 13.3 Å². The Labute approximate surface area is 111 Å². The van der Waals surface area contributed by atoms with E-state index in [1.807, 2.05) is 11.3 Å². The molecule has 1 N–H and O–H groups in total. The van der Waals surface area contributed by atoms with Crippen molar-refractivity contribution in [2.75, 3.05) is 6.54 Å². The molecule has 1 saturated carbocycles. The minimum Gasteiger partial charge on any atom is -0.309 e. The van der Waals surface area contributed by atoms with Crippen molar-refractivity contribution < 1.29 is 0 Å². The number of halogens is 1. The van der Waals surface area contributed by atoms with Crippen LogP contribution in [0.3, 0.4) is 0 Å². The highest BCUT2D eigenvalue weighted by atomic mass is 79.9. The van der Waals surface area contributed by atoms with Gasteiger partial charge in [0.1, 0.15) is 0 Å². The first-order chi connectivity index (χ1) is 7.72. The predicted octanol–water partition coefficient (Wildman–Crippen LogP) is 4.66. The van der Waals surface area contributed by atoms with Crippen molar-refractivity contribution in [2.45, 2.75) is 45.6 Å². The number of rotatable bonds is 5. The van der Waals surface area contributed by atoms with Crippen LogP contribution in [-0.2, 0) is 0 Å². The summed E-state index contributed by atoms with van der Waals surface area (Å²) in [6.07, 6.45) is 5.43. The smallest absolute Gasteiger partial charge is 0.0731 e. The molecular formula is C13H20BrNS. The summed E-state index contributed by atoms with van der Waals surface area (Å²) < 4.78 is 1.30. The van der Waals surface area contributed by atoms with Gasteiger partial charge in [-0.25, -0.2) is 0 Å². The SMILES string of the molecule is CCCNC(c1cc(C)c(Br)s1)C1CCC1. The highest BCUT2D eigenvalue weighted by molar-refractivity contribution is 9.11. The van der Waals surface area contributed by atoms with Crippen molar-refractivity contribution in [2.24, 2.45) is 5.92 Å². The Morgan fingerprint density at radius 2 is 2.31 bits per heavy atom. The third kappa shape index (κ3) is 2.69. The monoisotopic (exact) mass is 301 g/mol. The normalized spacial score (nSPS) is 18.4. The van der Waals surface area contributed by atoms with Crippen molar-refractivity contribution in [3.05, 3.63) is 20.3 Å². The van der Waals surface area contributed by atoms with Crippen LogP contribution in [0.2, 0.25) is 0 Å². The first kappa shape index (κ1) is 12.6. The molecule has 1 nitrogen and oxygen atoms in total. The molecule has 90 valence electrons. The number of nitrogens with one attached hydrogen (secondary N) is 1. The van der Waals surface area contributed by atoms with E-state index in [9.17, 15) is 0 Å².